The van der Waals surface area contributed by atoms with E-state index in [-0.39, 0.29) is 0 Å². The molecule has 0 aromatic rings. The van der Waals surface area contributed by atoms with Gasteiger partial charge in [0.25, 0.3) is 0 Å². The summed E-state index contributed by atoms with van der Waals surface area (Å²) in [5, 5.41) is 0. The Hall–Kier alpha value is -0.300. The first-order valence-corrected chi connectivity index (χ1v) is 5.19. The molecule has 15 heavy (non-hydrogen) atoms. The number of hydrogen-bond donors (Lipinski definition) is 0. The van der Waals surface area contributed by atoms with Crippen LogP contribution in [-0.4, -0.2) is 31.3 Å². The van der Waals surface area contributed by atoms with E-state index in [0.717, 1.165) is 6.66 Å². The second kappa shape index (κ2) is 4.29. The minimum absolute atomic E-state index is 0.784. The summed E-state index contributed by atoms with van der Waals surface area (Å²) < 4.78 is 97.2. The minimum atomic E-state index is -6.39. The lowest BCUT2D eigenvalue weighted by molar-refractivity contribution is -0.358. The number of alkyl halides is 7. The lowest BCUT2D eigenvalue weighted by Crippen LogP contribution is -2.53. The molecule has 0 radical (unpaired) electrons. The Balaban J connectivity index is 4.77. The van der Waals surface area contributed by atoms with Crippen molar-refractivity contribution >= 4 is 8.03 Å². The molecule has 0 bridgehead atoms. The van der Waals surface area contributed by atoms with Gasteiger partial charge in [-0.2, -0.15) is 30.7 Å². The topological polar surface area (TPSA) is 26.3 Å². The van der Waals surface area contributed by atoms with Gasteiger partial charge in [-0.3, -0.25) is 4.57 Å². The highest BCUT2D eigenvalue weighted by atomic mass is 31.1. The molecular weight excluding hydrogens is 256 g/mol. The van der Waals surface area contributed by atoms with Crippen LogP contribution in [0.1, 0.15) is 0 Å². The van der Waals surface area contributed by atoms with E-state index in [1.54, 1.807) is 0 Å². The summed E-state index contributed by atoms with van der Waals surface area (Å²) in [4.78, 5) is 0. The third kappa shape index (κ3) is 3.34. The van der Waals surface area contributed by atoms with Gasteiger partial charge in [0.1, 0.15) is 6.61 Å². The van der Waals surface area contributed by atoms with Crippen molar-refractivity contribution in [2.24, 2.45) is 0 Å². The van der Waals surface area contributed by atoms with Crippen molar-refractivity contribution in [2.45, 2.75) is 18.0 Å². The maximum absolute atomic E-state index is 12.3. The molecule has 0 aliphatic carbocycles. The van der Waals surface area contributed by atoms with E-state index in [2.05, 4.69) is 4.52 Å². The molecule has 0 aromatic heterocycles. The maximum Gasteiger partial charge on any atom is 0.459 e. The molecule has 92 valence electrons. The second-order valence-corrected chi connectivity index (χ2v) is 3.83. The molecular formula is C5H6F7O2P. The monoisotopic (exact) mass is 262 g/mol. The summed E-state index contributed by atoms with van der Waals surface area (Å²) in [7, 11) is -3.00. The molecule has 0 spiro atoms. The van der Waals surface area contributed by atoms with Gasteiger partial charge in [-0.15, -0.1) is 0 Å². The Morgan fingerprint density at radius 1 is 1.07 bits per heavy atom. The predicted octanol–water partition coefficient (Wildman–Crippen LogP) is 2.94. The van der Waals surface area contributed by atoms with Crippen molar-refractivity contribution in [1.82, 2.24) is 0 Å². The first-order chi connectivity index (χ1) is 6.42. The average Bonchev–Trinajstić information content (AvgIpc) is 1.98. The van der Waals surface area contributed by atoms with Crippen molar-refractivity contribution in [3.05, 3.63) is 0 Å². The normalized spacial score (nSPS) is 16.5. The van der Waals surface area contributed by atoms with E-state index < -0.39 is 32.7 Å². The Labute approximate surface area is 80.3 Å². The maximum atomic E-state index is 12.3. The molecule has 0 amide bonds. The highest BCUT2D eigenvalue weighted by Crippen LogP contribution is 2.47. The number of hydrogen-bond acceptors (Lipinski definition) is 2. The van der Waals surface area contributed by atoms with Crippen LogP contribution in [0.5, 0.6) is 0 Å². The van der Waals surface area contributed by atoms with Gasteiger partial charge in [0.05, 0.1) is 0 Å². The molecule has 0 N–H and O–H groups in total. The lowest BCUT2D eigenvalue weighted by atomic mass is 10.2. The minimum Gasteiger partial charge on any atom is -0.324 e. The summed E-state index contributed by atoms with van der Waals surface area (Å²) in [5.74, 6) is -11.7. The third-order valence-electron chi connectivity index (χ3n) is 1.27. The molecule has 2 nitrogen and oxygen atoms in total. The zero-order valence-electron chi connectivity index (χ0n) is 7.17. The van der Waals surface area contributed by atoms with Gasteiger partial charge in [0, 0.05) is 6.66 Å². The summed E-state index contributed by atoms with van der Waals surface area (Å²) in [6, 6.07) is 0. The van der Waals surface area contributed by atoms with Crippen molar-refractivity contribution in [3.8, 4) is 0 Å². The fraction of sp³-hybridized carbons (Fsp3) is 1.00. The van der Waals surface area contributed by atoms with Crippen molar-refractivity contribution in [3.63, 3.8) is 0 Å². The van der Waals surface area contributed by atoms with Crippen LogP contribution >= 0.6 is 8.03 Å². The van der Waals surface area contributed by atoms with Crippen LogP contribution in [-0.2, 0) is 9.09 Å². The van der Waals surface area contributed by atoms with Crippen LogP contribution in [0.15, 0.2) is 0 Å². The highest BCUT2D eigenvalue weighted by molar-refractivity contribution is 7.38. The molecule has 0 aliphatic rings. The first-order valence-electron chi connectivity index (χ1n) is 3.37. The van der Waals surface area contributed by atoms with E-state index >= 15 is 0 Å². The van der Waals surface area contributed by atoms with E-state index in [4.69, 9.17) is 0 Å². The molecule has 0 saturated carbocycles. The van der Waals surface area contributed by atoms with E-state index in [1.165, 1.54) is 0 Å². The van der Waals surface area contributed by atoms with Gasteiger partial charge in [-0.1, -0.05) is 0 Å². The zero-order valence-corrected chi connectivity index (χ0v) is 8.17. The summed E-state index contributed by atoms with van der Waals surface area (Å²) in [6.07, 6.45) is -6.39. The Bertz CT molecular complexity index is 248. The van der Waals surface area contributed by atoms with Gasteiger partial charge >= 0.3 is 18.0 Å². The van der Waals surface area contributed by atoms with Gasteiger partial charge in [0.15, 0.2) is 8.03 Å². The van der Waals surface area contributed by atoms with Gasteiger partial charge in [-0.25, -0.2) is 0 Å². The molecule has 1 unspecified atom stereocenters. The summed E-state index contributed by atoms with van der Waals surface area (Å²) in [6.45, 7) is -1.46. The summed E-state index contributed by atoms with van der Waals surface area (Å²) in [5.41, 5.74) is 0. The number of halogens is 7. The van der Waals surface area contributed by atoms with Crippen LogP contribution in [0.25, 0.3) is 0 Å². The Kier molecular flexibility index (Phi) is 4.20. The highest BCUT2D eigenvalue weighted by Gasteiger charge is 2.73. The molecule has 0 aromatic carbocycles. The quantitative estimate of drug-likeness (QED) is 0.575. The smallest absolute Gasteiger partial charge is 0.324 e. The van der Waals surface area contributed by atoms with E-state index in [9.17, 15) is 35.3 Å². The first kappa shape index (κ1) is 14.7. The van der Waals surface area contributed by atoms with Gasteiger partial charge in [-0.05, 0) is 0 Å². The Morgan fingerprint density at radius 2 is 1.47 bits per heavy atom. The van der Waals surface area contributed by atoms with Crippen molar-refractivity contribution in [2.75, 3.05) is 13.3 Å². The molecule has 0 rings (SSSR count). The SMILES string of the molecule is C[PH](=O)OCC(F)(F)C(F)(F)C(F)(F)F. The molecule has 10 heteroatoms. The van der Waals surface area contributed by atoms with Gasteiger partial charge in [0.2, 0.25) is 0 Å². The Morgan fingerprint density at radius 3 is 1.73 bits per heavy atom. The molecule has 0 saturated heterocycles. The van der Waals surface area contributed by atoms with Crippen molar-refractivity contribution < 1.29 is 39.8 Å². The molecule has 0 fully saturated rings. The van der Waals surface area contributed by atoms with Crippen LogP contribution in [0, 0.1) is 0 Å². The van der Waals surface area contributed by atoms with Crippen LogP contribution in [0.4, 0.5) is 30.7 Å². The lowest BCUT2D eigenvalue weighted by Gasteiger charge is -2.27. The zero-order chi connectivity index (χ0) is 12.5. The molecule has 0 heterocycles. The standard InChI is InChI=1S/C5H6F7O2P/c1-15(13)14-2-3(6,7)4(8,9)5(10,11)12/h15H,2H2,1H3. The third-order valence-corrected chi connectivity index (χ3v) is 1.82. The largest absolute Gasteiger partial charge is 0.459 e. The summed E-state index contributed by atoms with van der Waals surface area (Å²) >= 11 is 0. The molecule has 0 aliphatic heterocycles. The van der Waals surface area contributed by atoms with E-state index in [0.29, 0.717) is 0 Å². The van der Waals surface area contributed by atoms with Gasteiger partial charge < -0.3 is 4.52 Å². The fourth-order valence-electron chi connectivity index (χ4n) is 0.490. The average molecular weight is 262 g/mol. The van der Waals surface area contributed by atoms with Crippen LogP contribution in [0.2, 0.25) is 0 Å². The predicted molar refractivity (Wildman–Crippen MR) is 36.8 cm³/mol. The van der Waals surface area contributed by atoms with Crippen LogP contribution < -0.4 is 0 Å². The number of rotatable bonds is 4. The van der Waals surface area contributed by atoms with E-state index in [1.807, 2.05) is 0 Å². The van der Waals surface area contributed by atoms with Crippen molar-refractivity contribution in [1.29, 1.82) is 0 Å². The second-order valence-electron chi connectivity index (χ2n) is 2.56. The van der Waals surface area contributed by atoms with Crippen LogP contribution in [0.3, 0.4) is 0 Å². The fourth-order valence-corrected chi connectivity index (χ4v) is 0.875. The molecule has 1 atom stereocenters.